The van der Waals surface area contributed by atoms with Crippen LogP contribution in [0.4, 0.5) is 10.1 Å². The van der Waals surface area contributed by atoms with Crippen LogP contribution in [0.1, 0.15) is 28.2 Å². The van der Waals surface area contributed by atoms with E-state index in [9.17, 15) is 4.39 Å². The number of nitrogens with one attached hydrogen (secondary N) is 1. The summed E-state index contributed by atoms with van der Waals surface area (Å²) >= 11 is 10.9. The van der Waals surface area contributed by atoms with E-state index in [0.717, 1.165) is 20.0 Å². The van der Waals surface area contributed by atoms with Crippen molar-refractivity contribution in [2.24, 2.45) is 0 Å². The zero-order valence-corrected chi connectivity index (χ0v) is 17.0. The number of anilines is 1. The first-order valence-electron chi connectivity index (χ1n) is 8.06. The molecule has 1 aliphatic heterocycles. The van der Waals surface area contributed by atoms with Crippen molar-refractivity contribution >= 4 is 50.3 Å². The van der Waals surface area contributed by atoms with E-state index in [0.29, 0.717) is 10.7 Å². The van der Waals surface area contributed by atoms with E-state index in [1.165, 1.54) is 6.07 Å². The standard InChI is InChI=1S/C19H15BrFN3S2/c1-11-10-12(5-6-13(11)21)24-18(15-7-8-16(20)26-15)17(23-19(24)25)14-4-2-3-9-22-14/h2-10,17-18H,1H3,(H,23,25)/t17-,18+/m0/s1. The third-order valence-corrected chi connectivity index (χ3v) is 6.41. The van der Waals surface area contributed by atoms with Crippen molar-refractivity contribution in [3.8, 4) is 0 Å². The quantitative estimate of drug-likeness (QED) is 0.534. The van der Waals surface area contributed by atoms with Gasteiger partial charge in [0.25, 0.3) is 0 Å². The predicted molar refractivity (Wildman–Crippen MR) is 111 cm³/mol. The molecule has 3 heterocycles. The molecule has 7 heteroatoms. The number of rotatable bonds is 3. The zero-order valence-electron chi connectivity index (χ0n) is 13.8. The minimum absolute atomic E-state index is 0.0569. The molecule has 1 aliphatic rings. The van der Waals surface area contributed by atoms with E-state index in [2.05, 4.69) is 37.2 Å². The van der Waals surface area contributed by atoms with Gasteiger partial charge in [0.1, 0.15) is 5.82 Å². The summed E-state index contributed by atoms with van der Waals surface area (Å²) in [6.07, 6.45) is 1.78. The Bertz CT molecular complexity index is 960. The molecule has 0 radical (unpaired) electrons. The fourth-order valence-electron chi connectivity index (χ4n) is 3.19. The molecule has 0 spiro atoms. The molecule has 1 fully saturated rings. The van der Waals surface area contributed by atoms with Gasteiger partial charge in [-0.3, -0.25) is 4.98 Å². The summed E-state index contributed by atoms with van der Waals surface area (Å²) in [4.78, 5) is 7.73. The summed E-state index contributed by atoms with van der Waals surface area (Å²) in [6.45, 7) is 1.76. The van der Waals surface area contributed by atoms with E-state index in [-0.39, 0.29) is 17.9 Å². The van der Waals surface area contributed by atoms with Crippen LogP contribution in [0.25, 0.3) is 0 Å². The van der Waals surface area contributed by atoms with Gasteiger partial charge < -0.3 is 10.2 Å². The Morgan fingerprint density at radius 2 is 2.08 bits per heavy atom. The van der Waals surface area contributed by atoms with Gasteiger partial charge in [-0.15, -0.1) is 11.3 Å². The zero-order chi connectivity index (χ0) is 18.3. The van der Waals surface area contributed by atoms with Crippen LogP contribution in [0.5, 0.6) is 0 Å². The smallest absolute Gasteiger partial charge is 0.174 e. The first-order valence-corrected chi connectivity index (χ1v) is 10.1. The highest BCUT2D eigenvalue weighted by Gasteiger charge is 2.41. The molecule has 2 aromatic heterocycles. The number of aromatic nitrogens is 1. The number of benzene rings is 1. The van der Waals surface area contributed by atoms with Crippen LogP contribution < -0.4 is 10.2 Å². The highest BCUT2D eigenvalue weighted by atomic mass is 79.9. The van der Waals surface area contributed by atoms with Crippen LogP contribution in [0.15, 0.2) is 58.5 Å². The molecule has 3 nitrogen and oxygen atoms in total. The molecule has 0 unspecified atom stereocenters. The van der Waals surface area contributed by atoms with Crippen molar-refractivity contribution < 1.29 is 4.39 Å². The number of pyridine rings is 1. The van der Waals surface area contributed by atoms with Crippen molar-refractivity contribution in [3.63, 3.8) is 0 Å². The topological polar surface area (TPSA) is 28.2 Å². The monoisotopic (exact) mass is 447 g/mol. The lowest BCUT2D eigenvalue weighted by Crippen LogP contribution is -2.29. The van der Waals surface area contributed by atoms with Gasteiger partial charge >= 0.3 is 0 Å². The van der Waals surface area contributed by atoms with Gasteiger partial charge in [0.05, 0.1) is 21.6 Å². The molecule has 0 bridgehead atoms. The third-order valence-electron chi connectivity index (χ3n) is 4.40. The number of hydrogen-bond donors (Lipinski definition) is 1. The van der Waals surface area contributed by atoms with Gasteiger partial charge in [-0.1, -0.05) is 6.07 Å². The second-order valence-corrected chi connectivity index (χ2v) is 8.95. The van der Waals surface area contributed by atoms with E-state index in [4.69, 9.17) is 12.2 Å². The second kappa shape index (κ2) is 7.06. The summed E-state index contributed by atoms with van der Waals surface area (Å²) < 4.78 is 14.8. The summed E-state index contributed by atoms with van der Waals surface area (Å²) in [5, 5.41) is 4.02. The van der Waals surface area contributed by atoms with Gasteiger partial charge in [0, 0.05) is 16.8 Å². The molecule has 1 saturated heterocycles. The van der Waals surface area contributed by atoms with Crippen LogP contribution in [-0.4, -0.2) is 10.1 Å². The second-order valence-electron chi connectivity index (χ2n) is 6.07. The Balaban J connectivity index is 1.83. The third kappa shape index (κ3) is 3.15. The highest BCUT2D eigenvalue weighted by molar-refractivity contribution is 9.11. The van der Waals surface area contributed by atoms with Crippen molar-refractivity contribution in [2.75, 3.05) is 4.90 Å². The minimum atomic E-state index is -0.219. The molecule has 2 atom stereocenters. The van der Waals surface area contributed by atoms with Gasteiger partial charge in [0.2, 0.25) is 0 Å². The number of thiophene rings is 1. The molecule has 26 heavy (non-hydrogen) atoms. The van der Waals surface area contributed by atoms with E-state index in [1.54, 1.807) is 30.5 Å². The van der Waals surface area contributed by atoms with Crippen molar-refractivity contribution in [1.29, 1.82) is 0 Å². The fourth-order valence-corrected chi connectivity index (χ4v) is 5.09. The van der Waals surface area contributed by atoms with E-state index in [1.807, 2.05) is 30.3 Å². The molecule has 0 amide bonds. The Hall–Kier alpha value is -1.83. The lowest BCUT2D eigenvalue weighted by atomic mass is 10.0. The van der Waals surface area contributed by atoms with Crippen LogP contribution in [0, 0.1) is 12.7 Å². The molecular formula is C19H15BrFN3S2. The first-order chi connectivity index (χ1) is 12.5. The van der Waals surface area contributed by atoms with Gasteiger partial charge in [-0.25, -0.2) is 4.39 Å². The highest BCUT2D eigenvalue weighted by Crippen LogP contribution is 2.44. The summed E-state index contributed by atoms with van der Waals surface area (Å²) in [5.74, 6) is -0.219. The average Bonchev–Trinajstić information content (AvgIpc) is 3.21. The number of nitrogens with zero attached hydrogens (tertiary/aromatic N) is 2. The lowest BCUT2D eigenvalue weighted by molar-refractivity contribution is 0.574. The van der Waals surface area contributed by atoms with Gasteiger partial charge in [0.15, 0.2) is 5.11 Å². The van der Waals surface area contributed by atoms with E-state index >= 15 is 0 Å². The maximum atomic E-state index is 13.8. The number of hydrogen-bond acceptors (Lipinski definition) is 3. The summed E-state index contributed by atoms with van der Waals surface area (Å²) in [5.41, 5.74) is 2.39. The number of thiocarbonyl (C=S) groups is 1. The Morgan fingerprint density at radius 1 is 1.23 bits per heavy atom. The maximum Gasteiger partial charge on any atom is 0.174 e. The SMILES string of the molecule is Cc1cc(N2C(=S)N[C@@H](c3ccccn3)[C@H]2c2ccc(Br)s2)ccc1F. The maximum absolute atomic E-state index is 13.8. The van der Waals surface area contributed by atoms with Crippen LogP contribution >= 0.6 is 39.5 Å². The first kappa shape index (κ1) is 17.6. The Morgan fingerprint density at radius 3 is 2.73 bits per heavy atom. The normalized spacial score (nSPS) is 19.7. The molecular weight excluding hydrogens is 433 g/mol. The van der Waals surface area contributed by atoms with Crippen LogP contribution in [0.3, 0.4) is 0 Å². The van der Waals surface area contributed by atoms with Crippen LogP contribution in [0.2, 0.25) is 0 Å². The molecule has 132 valence electrons. The lowest BCUT2D eigenvalue weighted by Gasteiger charge is -2.27. The number of halogens is 2. The minimum Gasteiger partial charge on any atom is -0.351 e. The summed E-state index contributed by atoms with van der Waals surface area (Å²) in [6, 6.07) is 14.9. The fraction of sp³-hybridized carbons (Fsp3) is 0.158. The van der Waals surface area contributed by atoms with Crippen molar-refractivity contribution in [2.45, 2.75) is 19.0 Å². The van der Waals surface area contributed by atoms with Gasteiger partial charge in [-0.2, -0.15) is 0 Å². The van der Waals surface area contributed by atoms with Crippen LogP contribution in [-0.2, 0) is 0 Å². The van der Waals surface area contributed by atoms with E-state index < -0.39 is 0 Å². The predicted octanol–water partition coefficient (Wildman–Crippen LogP) is 5.53. The molecule has 0 saturated carbocycles. The largest absolute Gasteiger partial charge is 0.351 e. The molecule has 3 aromatic rings. The molecule has 1 N–H and O–H groups in total. The van der Waals surface area contributed by atoms with Crippen molar-refractivity contribution in [1.82, 2.24) is 10.3 Å². The molecule has 4 rings (SSSR count). The molecule has 1 aromatic carbocycles. The molecule has 0 aliphatic carbocycles. The van der Waals surface area contributed by atoms with Gasteiger partial charge in [-0.05, 0) is 83.1 Å². The number of aryl methyl sites for hydroxylation is 1. The Labute approximate surface area is 169 Å². The van der Waals surface area contributed by atoms with Crippen molar-refractivity contribution in [3.05, 3.63) is 80.5 Å². The summed E-state index contributed by atoms with van der Waals surface area (Å²) in [7, 11) is 0. The average molecular weight is 448 g/mol. The Kier molecular flexibility index (Phi) is 4.77.